The average Bonchev–Trinajstić information content (AvgIpc) is 2.87. The number of fused-ring (bicyclic) bond motifs is 1. The summed E-state index contributed by atoms with van der Waals surface area (Å²) in [5, 5.41) is 3.48. The maximum absolute atomic E-state index is 12.4. The summed E-state index contributed by atoms with van der Waals surface area (Å²) < 4.78 is 1.50. The third-order valence-electron chi connectivity index (χ3n) is 3.35. The van der Waals surface area contributed by atoms with Crippen LogP contribution in [0.3, 0.4) is 0 Å². The van der Waals surface area contributed by atoms with Gasteiger partial charge in [-0.05, 0) is 31.4 Å². The quantitative estimate of drug-likeness (QED) is 0.655. The highest BCUT2D eigenvalue weighted by Crippen LogP contribution is 2.20. The minimum Gasteiger partial charge on any atom is -0.354 e. The van der Waals surface area contributed by atoms with Gasteiger partial charge in [0.1, 0.15) is 6.54 Å². The van der Waals surface area contributed by atoms with E-state index in [-0.39, 0.29) is 18.0 Å². The molecule has 2 rings (SSSR count). The van der Waals surface area contributed by atoms with Crippen LogP contribution in [0.1, 0.15) is 31.5 Å². The molecule has 0 radical (unpaired) electrons. The first-order valence-corrected chi connectivity index (χ1v) is 8.18. The van der Waals surface area contributed by atoms with Crippen molar-refractivity contribution in [2.75, 3.05) is 12.8 Å². The van der Waals surface area contributed by atoms with Crippen molar-refractivity contribution in [2.45, 2.75) is 44.8 Å². The predicted molar refractivity (Wildman–Crippen MR) is 80.2 cm³/mol. The Morgan fingerprint density at radius 3 is 2.85 bits per heavy atom. The standard InChI is InChI=1S/C14H21N3O2S/c1-9(2)7-15-12(18)8-17-13(19)10-5-4-6-11(10)16-14(17)20-3/h9H,4-8H2,1-3H3,(H,15,18). The van der Waals surface area contributed by atoms with Crippen LogP contribution >= 0.6 is 11.8 Å². The molecule has 1 heterocycles. The van der Waals surface area contributed by atoms with Crippen molar-refractivity contribution in [3.8, 4) is 0 Å². The zero-order valence-corrected chi connectivity index (χ0v) is 13.0. The first-order valence-electron chi connectivity index (χ1n) is 6.96. The second kappa shape index (κ2) is 6.43. The molecule has 0 saturated carbocycles. The van der Waals surface area contributed by atoms with Crippen LogP contribution in [-0.4, -0.2) is 28.3 Å². The van der Waals surface area contributed by atoms with Crippen molar-refractivity contribution < 1.29 is 4.79 Å². The van der Waals surface area contributed by atoms with Crippen molar-refractivity contribution in [2.24, 2.45) is 5.92 Å². The van der Waals surface area contributed by atoms with Gasteiger partial charge in [-0.3, -0.25) is 14.2 Å². The minimum absolute atomic E-state index is 0.0449. The lowest BCUT2D eigenvalue weighted by Gasteiger charge is -2.13. The van der Waals surface area contributed by atoms with E-state index in [1.807, 2.05) is 20.1 Å². The molecule has 0 aliphatic heterocycles. The third kappa shape index (κ3) is 3.23. The maximum atomic E-state index is 12.4. The van der Waals surface area contributed by atoms with Gasteiger partial charge in [0.05, 0.1) is 5.69 Å². The van der Waals surface area contributed by atoms with Gasteiger partial charge >= 0.3 is 0 Å². The molecule has 0 spiro atoms. The summed E-state index contributed by atoms with van der Waals surface area (Å²) in [6, 6.07) is 0. The molecule has 1 aliphatic carbocycles. The fourth-order valence-corrected chi connectivity index (χ4v) is 2.89. The molecule has 0 unspecified atom stereocenters. The van der Waals surface area contributed by atoms with Crippen LogP contribution in [0.25, 0.3) is 0 Å². The SMILES string of the molecule is CSc1nc2c(c(=O)n1CC(=O)NCC(C)C)CCC2. The summed E-state index contributed by atoms with van der Waals surface area (Å²) in [5.41, 5.74) is 1.66. The number of amides is 1. The molecule has 0 fully saturated rings. The molecule has 5 nitrogen and oxygen atoms in total. The van der Waals surface area contributed by atoms with Crippen molar-refractivity contribution in [1.82, 2.24) is 14.9 Å². The summed E-state index contributed by atoms with van der Waals surface area (Å²) in [5.74, 6) is 0.268. The van der Waals surface area contributed by atoms with Crippen molar-refractivity contribution in [3.63, 3.8) is 0 Å². The highest BCUT2D eigenvalue weighted by Gasteiger charge is 2.21. The molecule has 1 amide bonds. The highest BCUT2D eigenvalue weighted by molar-refractivity contribution is 7.98. The molecule has 1 aromatic heterocycles. The lowest BCUT2D eigenvalue weighted by Crippen LogP contribution is -2.36. The van der Waals surface area contributed by atoms with Crippen molar-refractivity contribution >= 4 is 17.7 Å². The van der Waals surface area contributed by atoms with E-state index >= 15 is 0 Å². The summed E-state index contributed by atoms with van der Waals surface area (Å²) >= 11 is 1.41. The zero-order chi connectivity index (χ0) is 14.7. The highest BCUT2D eigenvalue weighted by atomic mass is 32.2. The number of carbonyl (C=O) groups is 1. The molecular weight excluding hydrogens is 274 g/mol. The minimum atomic E-state index is -0.129. The van der Waals surface area contributed by atoms with E-state index in [9.17, 15) is 9.59 Å². The Kier molecular flexibility index (Phi) is 4.86. The van der Waals surface area contributed by atoms with Crippen molar-refractivity contribution in [3.05, 3.63) is 21.6 Å². The topological polar surface area (TPSA) is 64.0 Å². The first-order chi connectivity index (χ1) is 9.52. The Balaban J connectivity index is 2.23. The fourth-order valence-electron chi connectivity index (χ4n) is 2.32. The van der Waals surface area contributed by atoms with E-state index < -0.39 is 0 Å². The predicted octanol–water partition coefficient (Wildman–Crippen LogP) is 1.23. The number of thioether (sulfide) groups is 1. The zero-order valence-electron chi connectivity index (χ0n) is 12.2. The molecule has 20 heavy (non-hydrogen) atoms. The van der Waals surface area contributed by atoms with E-state index in [0.717, 1.165) is 30.5 Å². The average molecular weight is 295 g/mol. The van der Waals surface area contributed by atoms with Gasteiger partial charge in [0, 0.05) is 12.1 Å². The molecule has 0 atom stereocenters. The number of hydrogen-bond donors (Lipinski definition) is 1. The van der Waals surface area contributed by atoms with Gasteiger partial charge in [0.15, 0.2) is 5.16 Å². The number of nitrogens with one attached hydrogen (secondary N) is 1. The molecule has 0 bridgehead atoms. The fraction of sp³-hybridized carbons (Fsp3) is 0.643. The summed E-state index contributed by atoms with van der Waals surface area (Å²) in [7, 11) is 0. The van der Waals surface area contributed by atoms with Crippen LogP contribution in [0.15, 0.2) is 9.95 Å². The van der Waals surface area contributed by atoms with Gasteiger partial charge in [-0.25, -0.2) is 4.98 Å². The number of rotatable bonds is 5. The lowest BCUT2D eigenvalue weighted by molar-refractivity contribution is -0.122. The Bertz CT molecular complexity index is 566. The van der Waals surface area contributed by atoms with Crippen LogP contribution in [0.5, 0.6) is 0 Å². The maximum Gasteiger partial charge on any atom is 0.258 e. The molecule has 0 aromatic carbocycles. The van der Waals surface area contributed by atoms with Crippen LogP contribution in [-0.2, 0) is 24.2 Å². The van der Waals surface area contributed by atoms with Gasteiger partial charge < -0.3 is 5.32 Å². The number of aryl methyl sites for hydroxylation is 1. The van der Waals surface area contributed by atoms with Crippen LogP contribution in [0, 0.1) is 5.92 Å². The third-order valence-corrected chi connectivity index (χ3v) is 4.02. The summed E-state index contributed by atoms with van der Waals surface area (Å²) in [4.78, 5) is 28.9. The molecule has 1 N–H and O–H groups in total. The lowest BCUT2D eigenvalue weighted by atomic mass is 10.2. The van der Waals surface area contributed by atoms with E-state index in [1.54, 1.807) is 0 Å². The second-order valence-corrected chi connectivity index (χ2v) is 6.24. The molecule has 110 valence electrons. The monoisotopic (exact) mass is 295 g/mol. The molecule has 0 saturated heterocycles. The van der Waals surface area contributed by atoms with Crippen molar-refractivity contribution in [1.29, 1.82) is 0 Å². The number of hydrogen-bond acceptors (Lipinski definition) is 4. The number of carbonyl (C=O) groups excluding carboxylic acids is 1. The second-order valence-electron chi connectivity index (χ2n) is 5.47. The molecule has 1 aromatic rings. The van der Waals surface area contributed by atoms with Crippen LogP contribution < -0.4 is 10.9 Å². The van der Waals surface area contributed by atoms with E-state index in [2.05, 4.69) is 10.3 Å². The smallest absolute Gasteiger partial charge is 0.258 e. The van der Waals surface area contributed by atoms with E-state index in [1.165, 1.54) is 16.3 Å². The van der Waals surface area contributed by atoms with Crippen LogP contribution in [0.4, 0.5) is 0 Å². The molecule has 1 aliphatic rings. The van der Waals surface area contributed by atoms with E-state index in [0.29, 0.717) is 17.6 Å². The van der Waals surface area contributed by atoms with Gasteiger partial charge in [-0.15, -0.1) is 0 Å². The number of aromatic nitrogens is 2. The Morgan fingerprint density at radius 2 is 2.20 bits per heavy atom. The Labute approximate surface area is 123 Å². The van der Waals surface area contributed by atoms with Gasteiger partial charge in [0.2, 0.25) is 5.91 Å². The molecular formula is C14H21N3O2S. The Morgan fingerprint density at radius 1 is 1.45 bits per heavy atom. The normalized spacial score (nSPS) is 13.6. The molecule has 6 heteroatoms. The summed E-state index contributed by atoms with van der Waals surface area (Å²) in [6.45, 7) is 4.76. The summed E-state index contributed by atoms with van der Waals surface area (Å²) in [6.07, 6.45) is 4.52. The largest absolute Gasteiger partial charge is 0.354 e. The van der Waals surface area contributed by atoms with Gasteiger partial charge in [-0.2, -0.15) is 0 Å². The van der Waals surface area contributed by atoms with Crippen LogP contribution in [0.2, 0.25) is 0 Å². The first kappa shape index (κ1) is 15.1. The number of nitrogens with zero attached hydrogens (tertiary/aromatic N) is 2. The van der Waals surface area contributed by atoms with Gasteiger partial charge in [-0.1, -0.05) is 25.6 Å². The van der Waals surface area contributed by atoms with E-state index in [4.69, 9.17) is 0 Å². The Hall–Kier alpha value is -1.30. The van der Waals surface area contributed by atoms with Gasteiger partial charge in [0.25, 0.3) is 5.56 Å².